The van der Waals surface area contributed by atoms with Crippen molar-refractivity contribution >= 4 is 24.2 Å². The summed E-state index contributed by atoms with van der Waals surface area (Å²) in [5.41, 5.74) is 15.4. The van der Waals surface area contributed by atoms with E-state index in [4.69, 9.17) is 20.9 Å². The summed E-state index contributed by atoms with van der Waals surface area (Å²) in [6.07, 6.45) is 3.34. The van der Waals surface area contributed by atoms with Crippen LogP contribution >= 0.6 is 0 Å². The lowest BCUT2D eigenvalue weighted by molar-refractivity contribution is 0.0196. The minimum atomic E-state index is -0.340. The van der Waals surface area contributed by atoms with Crippen LogP contribution < -0.4 is 22.1 Å². The first-order chi connectivity index (χ1) is 24.3. The van der Waals surface area contributed by atoms with Crippen molar-refractivity contribution in [3.8, 4) is 0 Å². The second-order valence-corrected chi connectivity index (χ2v) is 13.2. The molecule has 3 aliphatic rings. The lowest BCUT2D eigenvalue weighted by atomic mass is 9.96. The molecule has 0 unspecified atom stereocenters. The van der Waals surface area contributed by atoms with Gasteiger partial charge in [0.1, 0.15) is 12.2 Å². The van der Waals surface area contributed by atoms with Crippen molar-refractivity contribution in [3.63, 3.8) is 0 Å². The maximum atomic E-state index is 12.9. The second-order valence-electron chi connectivity index (χ2n) is 13.2. The summed E-state index contributed by atoms with van der Waals surface area (Å²) in [7, 11) is 0. The van der Waals surface area contributed by atoms with Gasteiger partial charge in [0.25, 0.3) is 0 Å². The minimum Gasteiger partial charge on any atom is -0.446 e. The summed E-state index contributed by atoms with van der Waals surface area (Å²) in [6.45, 7) is 5.28. The van der Waals surface area contributed by atoms with E-state index in [2.05, 4.69) is 10.6 Å². The molecule has 0 spiro atoms. The Bertz CT molecular complexity index is 1290. The summed E-state index contributed by atoms with van der Waals surface area (Å²) in [6, 6.07) is 15.3. The first kappa shape index (κ1) is 36.7. The van der Waals surface area contributed by atoms with Gasteiger partial charge in [-0.25, -0.2) is 19.2 Å². The zero-order valence-corrected chi connectivity index (χ0v) is 28.9. The van der Waals surface area contributed by atoms with Crippen LogP contribution in [0.2, 0.25) is 0 Å². The highest BCUT2D eigenvalue weighted by atomic mass is 16.6. The lowest BCUT2D eigenvalue weighted by Crippen LogP contribution is -2.53. The fraction of sp³-hybridized carbons (Fsp3) is 0.556. The van der Waals surface area contributed by atoms with Gasteiger partial charge in [0.05, 0.1) is 0 Å². The third kappa shape index (κ3) is 10.7. The second kappa shape index (κ2) is 18.4. The Hall–Kier alpha value is -4.56. The molecule has 272 valence electrons. The van der Waals surface area contributed by atoms with E-state index < -0.39 is 0 Å². The number of urea groups is 2. The number of hydrogen-bond acceptors (Lipinski definition) is 8. The quantitative estimate of drug-likeness (QED) is 0.326. The summed E-state index contributed by atoms with van der Waals surface area (Å²) >= 11 is 0. The molecule has 14 heteroatoms. The van der Waals surface area contributed by atoms with Gasteiger partial charge in [-0.1, -0.05) is 48.5 Å². The van der Waals surface area contributed by atoms with Crippen LogP contribution in [0.15, 0.2) is 48.5 Å². The Morgan fingerprint density at radius 3 is 1.14 bits per heavy atom. The third-order valence-electron chi connectivity index (χ3n) is 9.69. The molecule has 3 fully saturated rings. The Kier molecular flexibility index (Phi) is 13.5. The van der Waals surface area contributed by atoms with Crippen LogP contribution in [0.3, 0.4) is 0 Å². The molecule has 0 atom stereocenters. The zero-order valence-electron chi connectivity index (χ0n) is 28.9. The van der Waals surface area contributed by atoms with E-state index in [9.17, 15) is 19.2 Å². The van der Waals surface area contributed by atoms with Crippen molar-refractivity contribution in [2.75, 3.05) is 52.4 Å². The maximum Gasteiger partial charge on any atom is 0.410 e. The number of piperazine rings is 2. The van der Waals surface area contributed by atoms with E-state index in [-0.39, 0.29) is 36.5 Å². The SMILES string of the molecule is NCc1ccc(CNC(=O)N2CCN(C(=O)O[C@H]3CCC[C@@H](OC(=O)N4CCN(C(=O)NCc5ccc(CN)cc5)CC4)CCC3)CC2)cc1. The zero-order chi connectivity index (χ0) is 35.3. The molecule has 0 bridgehead atoms. The number of amides is 6. The fourth-order valence-electron chi connectivity index (χ4n) is 6.45. The van der Waals surface area contributed by atoms with Crippen molar-refractivity contribution in [1.82, 2.24) is 30.2 Å². The van der Waals surface area contributed by atoms with Gasteiger partial charge in [-0.2, -0.15) is 0 Å². The molecule has 14 nitrogen and oxygen atoms in total. The molecular weight excluding hydrogens is 640 g/mol. The van der Waals surface area contributed by atoms with Gasteiger partial charge >= 0.3 is 24.2 Å². The molecule has 6 amide bonds. The smallest absolute Gasteiger partial charge is 0.410 e. The van der Waals surface area contributed by atoms with Gasteiger partial charge in [0, 0.05) is 78.5 Å². The van der Waals surface area contributed by atoms with Crippen LogP contribution in [0.1, 0.15) is 60.8 Å². The average molecular weight is 693 g/mol. The summed E-state index contributed by atoms with van der Waals surface area (Å²) in [4.78, 5) is 58.0. The highest BCUT2D eigenvalue weighted by Crippen LogP contribution is 2.24. The highest BCUT2D eigenvalue weighted by Gasteiger charge is 2.30. The Balaban J connectivity index is 0.939. The number of carbonyl (C=O) groups excluding carboxylic acids is 4. The third-order valence-corrected chi connectivity index (χ3v) is 9.69. The monoisotopic (exact) mass is 692 g/mol. The molecule has 5 rings (SSSR count). The minimum absolute atomic E-state index is 0.150. The normalized spacial score (nSPS) is 20.0. The van der Waals surface area contributed by atoms with Crippen LogP contribution in [0.5, 0.6) is 0 Å². The molecular formula is C36H52N8O6. The van der Waals surface area contributed by atoms with Gasteiger partial charge in [-0.3, -0.25) is 0 Å². The summed E-state index contributed by atoms with van der Waals surface area (Å²) in [5.74, 6) is 0. The highest BCUT2D eigenvalue weighted by molar-refractivity contribution is 5.75. The molecule has 50 heavy (non-hydrogen) atoms. The van der Waals surface area contributed by atoms with Crippen LogP contribution in [0.25, 0.3) is 0 Å². The number of hydrogen-bond donors (Lipinski definition) is 4. The molecule has 2 saturated heterocycles. The van der Waals surface area contributed by atoms with E-state index in [1.807, 2.05) is 48.5 Å². The van der Waals surface area contributed by atoms with E-state index in [1.165, 1.54) is 0 Å². The average Bonchev–Trinajstić information content (AvgIpc) is 3.15. The Labute approximate surface area is 294 Å². The predicted molar refractivity (Wildman–Crippen MR) is 188 cm³/mol. The number of nitrogens with one attached hydrogen (secondary N) is 2. The Morgan fingerprint density at radius 2 is 0.820 bits per heavy atom. The van der Waals surface area contributed by atoms with E-state index in [1.54, 1.807) is 19.6 Å². The number of rotatable bonds is 8. The van der Waals surface area contributed by atoms with Gasteiger partial charge in [0.2, 0.25) is 0 Å². The Morgan fingerprint density at radius 1 is 0.520 bits per heavy atom. The lowest BCUT2D eigenvalue weighted by Gasteiger charge is -2.36. The maximum absolute atomic E-state index is 12.9. The van der Waals surface area contributed by atoms with Crippen molar-refractivity contribution in [1.29, 1.82) is 0 Å². The van der Waals surface area contributed by atoms with Crippen molar-refractivity contribution < 1.29 is 28.7 Å². The standard InChI is InChI=1S/C36H52N8O6/c37-23-27-7-11-29(12-8-27)25-39-33(45)41-15-19-43(20-16-41)35(47)49-31-3-1-4-32(6-2-5-31)50-36(48)44-21-17-42(18-22-44)34(46)40-26-30-13-9-28(24-38)10-14-30/h7-14,31-32H,1-6,15-26,37-38H2,(H,39,45)(H,40,46)/t31-,32+. The molecule has 1 saturated carbocycles. The number of benzene rings is 2. The summed E-state index contributed by atoms with van der Waals surface area (Å²) < 4.78 is 11.8. The molecule has 2 aliphatic heterocycles. The molecule has 1 aliphatic carbocycles. The topological polar surface area (TPSA) is 176 Å². The molecule has 0 radical (unpaired) electrons. The van der Waals surface area contributed by atoms with Gasteiger partial charge in [-0.05, 0) is 60.8 Å². The number of nitrogens with zero attached hydrogens (tertiary/aromatic N) is 4. The molecule has 6 N–H and O–H groups in total. The summed E-state index contributed by atoms with van der Waals surface area (Å²) in [5, 5.41) is 5.90. The molecule has 2 heterocycles. The van der Waals surface area contributed by atoms with E-state index in [0.29, 0.717) is 104 Å². The molecule has 2 aromatic carbocycles. The van der Waals surface area contributed by atoms with Crippen molar-refractivity contribution in [2.45, 2.75) is 76.9 Å². The van der Waals surface area contributed by atoms with Crippen LogP contribution in [-0.2, 0) is 35.7 Å². The van der Waals surface area contributed by atoms with Gasteiger partial charge in [0.15, 0.2) is 0 Å². The van der Waals surface area contributed by atoms with Crippen LogP contribution in [0, 0.1) is 0 Å². The largest absolute Gasteiger partial charge is 0.446 e. The first-order valence-corrected chi connectivity index (χ1v) is 17.8. The first-order valence-electron chi connectivity index (χ1n) is 17.8. The van der Waals surface area contributed by atoms with Crippen LogP contribution in [-0.4, -0.2) is 108 Å². The number of nitrogens with two attached hydrogens (primary N) is 2. The fourth-order valence-corrected chi connectivity index (χ4v) is 6.45. The molecule has 0 aromatic heterocycles. The van der Waals surface area contributed by atoms with Gasteiger partial charge < -0.3 is 51.2 Å². The van der Waals surface area contributed by atoms with Crippen molar-refractivity contribution in [2.24, 2.45) is 11.5 Å². The van der Waals surface area contributed by atoms with E-state index >= 15 is 0 Å². The number of ether oxygens (including phenoxy) is 2. The predicted octanol–water partition coefficient (Wildman–Crippen LogP) is 3.32. The van der Waals surface area contributed by atoms with Crippen molar-refractivity contribution in [3.05, 3.63) is 70.8 Å². The van der Waals surface area contributed by atoms with Crippen LogP contribution in [0.4, 0.5) is 19.2 Å². The van der Waals surface area contributed by atoms with E-state index in [0.717, 1.165) is 35.1 Å². The number of carbonyl (C=O) groups is 4. The van der Waals surface area contributed by atoms with Gasteiger partial charge in [-0.15, -0.1) is 0 Å². The molecule has 2 aromatic rings.